The van der Waals surface area contributed by atoms with Gasteiger partial charge < -0.3 is 16.2 Å². The van der Waals surface area contributed by atoms with Gasteiger partial charge in [-0.3, -0.25) is 4.68 Å². The summed E-state index contributed by atoms with van der Waals surface area (Å²) in [5.41, 5.74) is 14.2. The number of ether oxygens (including phenoxy) is 1. The number of hydrogen-bond donors (Lipinski definition) is 2. The zero-order chi connectivity index (χ0) is 20.2. The van der Waals surface area contributed by atoms with Crippen LogP contribution in [0.1, 0.15) is 38.5 Å². The second-order valence-electron chi connectivity index (χ2n) is 8.73. The molecule has 3 aliphatic carbocycles. The molecule has 3 saturated carbocycles. The fraction of sp³-hybridized carbons (Fsp3) is 0.476. The Kier molecular flexibility index (Phi) is 4.03. The minimum atomic E-state index is -0.409. The minimum absolute atomic E-state index is 0.0195. The van der Waals surface area contributed by atoms with E-state index in [1.165, 1.54) is 6.07 Å². The average Bonchev–Trinajstić information content (AvgIpc) is 3.08. The van der Waals surface area contributed by atoms with Crippen molar-refractivity contribution in [3.8, 4) is 17.0 Å². The van der Waals surface area contributed by atoms with Crippen molar-refractivity contribution in [2.45, 2.75) is 44.1 Å². The van der Waals surface area contributed by atoms with Gasteiger partial charge in [0.25, 0.3) is 0 Å². The maximum absolute atomic E-state index is 14.9. The normalized spacial score (nSPS) is 26.2. The number of nitrogens with zero attached hydrogens (tertiary/aromatic N) is 4. The molecule has 4 N–H and O–H groups in total. The molecule has 0 amide bonds. The molecular formula is C21H25FN6O. The van der Waals surface area contributed by atoms with Gasteiger partial charge in [0.15, 0.2) is 17.2 Å². The van der Waals surface area contributed by atoms with Gasteiger partial charge in [0.05, 0.1) is 23.9 Å². The number of fused-ring (bicyclic) bond motifs is 4. The van der Waals surface area contributed by atoms with Crippen LogP contribution < -0.4 is 16.2 Å². The maximum atomic E-state index is 14.9. The molecule has 2 bridgehead atoms. The molecule has 2 aromatic heterocycles. The molecule has 0 unspecified atom stereocenters. The molecule has 0 spiro atoms. The van der Waals surface area contributed by atoms with Crippen molar-refractivity contribution in [1.29, 1.82) is 0 Å². The third-order valence-corrected chi connectivity index (χ3v) is 6.81. The van der Waals surface area contributed by atoms with Crippen molar-refractivity contribution in [2.75, 3.05) is 12.3 Å². The van der Waals surface area contributed by atoms with E-state index in [0.29, 0.717) is 23.5 Å². The fourth-order valence-electron chi connectivity index (χ4n) is 4.76. The smallest absolute Gasteiger partial charge is 0.222 e. The summed E-state index contributed by atoms with van der Waals surface area (Å²) in [6, 6.07) is 4.91. The van der Waals surface area contributed by atoms with Crippen LogP contribution in [0.2, 0.25) is 0 Å². The molecule has 2 heterocycles. The number of anilines is 1. The molecule has 0 aliphatic heterocycles. The summed E-state index contributed by atoms with van der Waals surface area (Å²) in [5.74, 6) is -0.0165. The van der Waals surface area contributed by atoms with E-state index in [4.69, 9.17) is 16.2 Å². The van der Waals surface area contributed by atoms with Crippen LogP contribution in [0.3, 0.4) is 0 Å². The first-order valence-electron chi connectivity index (χ1n) is 10.0. The lowest BCUT2D eigenvalue weighted by atomic mass is 9.58. The van der Waals surface area contributed by atoms with E-state index in [2.05, 4.69) is 15.1 Å². The molecule has 6 rings (SSSR count). The summed E-state index contributed by atoms with van der Waals surface area (Å²) in [6.07, 6.45) is 7.94. The molecule has 1 aromatic carbocycles. The van der Waals surface area contributed by atoms with Gasteiger partial charge in [0, 0.05) is 23.6 Å². The summed E-state index contributed by atoms with van der Waals surface area (Å²) in [4.78, 5) is 8.51. The molecule has 0 radical (unpaired) electrons. The molecule has 3 fully saturated rings. The lowest BCUT2D eigenvalue weighted by Crippen LogP contribution is -2.53. The van der Waals surface area contributed by atoms with Crippen molar-refractivity contribution in [1.82, 2.24) is 19.7 Å². The second kappa shape index (κ2) is 6.38. The van der Waals surface area contributed by atoms with Crippen LogP contribution in [0, 0.1) is 11.2 Å². The molecule has 8 heteroatoms. The number of nitrogen functional groups attached to an aromatic ring is 1. The number of halogens is 1. The zero-order valence-corrected chi connectivity index (χ0v) is 16.5. The van der Waals surface area contributed by atoms with Gasteiger partial charge >= 0.3 is 0 Å². The van der Waals surface area contributed by atoms with Gasteiger partial charge in [-0.15, -0.1) is 0 Å². The largest absolute Gasteiger partial charge is 0.490 e. The van der Waals surface area contributed by atoms with E-state index in [0.717, 1.165) is 43.9 Å². The van der Waals surface area contributed by atoms with Crippen molar-refractivity contribution in [3.05, 3.63) is 30.2 Å². The quantitative estimate of drug-likeness (QED) is 0.702. The summed E-state index contributed by atoms with van der Waals surface area (Å²) in [7, 11) is 1.78. The van der Waals surface area contributed by atoms with E-state index in [1.807, 2.05) is 0 Å². The van der Waals surface area contributed by atoms with Crippen LogP contribution in [-0.2, 0) is 7.05 Å². The maximum Gasteiger partial charge on any atom is 0.222 e. The number of aromatic nitrogens is 4. The molecule has 0 atom stereocenters. The van der Waals surface area contributed by atoms with Gasteiger partial charge in [-0.05, 0) is 56.7 Å². The number of aryl methyl sites for hydroxylation is 1. The summed E-state index contributed by atoms with van der Waals surface area (Å²) in [6.45, 7) is 0.534. The lowest BCUT2D eigenvalue weighted by Gasteiger charge is -2.51. The van der Waals surface area contributed by atoms with Crippen molar-refractivity contribution in [2.24, 2.45) is 18.2 Å². The summed E-state index contributed by atoms with van der Waals surface area (Å²) >= 11 is 0. The highest BCUT2D eigenvalue weighted by molar-refractivity contribution is 5.91. The predicted molar refractivity (Wildman–Crippen MR) is 109 cm³/mol. The molecule has 29 heavy (non-hydrogen) atoms. The first kappa shape index (κ1) is 18.3. The van der Waals surface area contributed by atoms with Crippen molar-refractivity contribution >= 4 is 17.0 Å². The van der Waals surface area contributed by atoms with Crippen LogP contribution in [0.4, 0.5) is 10.3 Å². The van der Waals surface area contributed by atoms with E-state index < -0.39 is 5.82 Å². The molecular weight excluding hydrogens is 371 g/mol. The zero-order valence-electron chi connectivity index (χ0n) is 16.5. The highest BCUT2D eigenvalue weighted by Gasteiger charge is 2.47. The topological polar surface area (TPSA) is 105 Å². The van der Waals surface area contributed by atoms with Crippen LogP contribution in [0.25, 0.3) is 22.3 Å². The van der Waals surface area contributed by atoms with Crippen LogP contribution in [-0.4, -0.2) is 31.9 Å². The average molecular weight is 396 g/mol. The van der Waals surface area contributed by atoms with Crippen LogP contribution in [0.15, 0.2) is 24.4 Å². The molecule has 3 aromatic rings. The van der Waals surface area contributed by atoms with E-state index >= 15 is 0 Å². The Morgan fingerprint density at radius 1 is 1.14 bits per heavy atom. The lowest BCUT2D eigenvalue weighted by molar-refractivity contribution is 0.00432. The first-order chi connectivity index (χ1) is 13.9. The Bertz CT molecular complexity index is 1070. The van der Waals surface area contributed by atoms with Gasteiger partial charge in [0.1, 0.15) is 0 Å². The molecule has 7 nitrogen and oxygen atoms in total. The van der Waals surface area contributed by atoms with Gasteiger partial charge in [-0.2, -0.15) is 10.1 Å². The standard InChI is InChI=1S/C21H25FN6O/c1-28-18-14(11-25-28)17(26-19(23)27-18)13-2-3-16(15(22)10-13)29-12-20-4-7-21(24,8-5-20)9-6-20/h2-3,10-11H,4-9,12,24H2,1H3,(H2,23,26,27). The third kappa shape index (κ3) is 3.11. The molecule has 152 valence electrons. The Hall–Kier alpha value is -2.74. The number of benzene rings is 1. The Morgan fingerprint density at radius 3 is 2.55 bits per heavy atom. The minimum Gasteiger partial charge on any atom is -0.490 e. The highest BCUT2D eigenvalue weighted by atomic mass is 19.1. The number of nitrogens with two attached hydrogens (primary N) is 2. The third-order valence-electron chi connectivity index (χ3n) is 6.81. The van der Waals surface area contributed by atoms with Gasteiger partial charge in [-0.1, -0.05) is 0 Å². The van der Waals surface area contributed by atoms with E-state index in [-0.39, 0.29) is 22.7 Å². The summed E-state index contributed by atoms with van der Waals surface area (Å²) in [5, 5.41) is 4.93. The summed E-state index contributed by atoms with van der Waals surface area (Å²) < 4.78 is 22.4. The first-order valence-corrected chi connectivity index (χ1v) is 10.0. The van der Waals surface area contributed by atoms with E-state index in [9.17, 15) is 4.39 Å². The SMILES string of the molecule is Cn1ncc2c(-c3ccc(OCC45CCC(N)(CC4)CC5)c(F)c3)nc(N)nc21. The monoisotopic (exact) mass is 396 g/mol. The van der Waals surface area contributed by atoms with Crippen molar-refractivity contribution < 1.29 is 9.13 Å². The predicted octanol–water partition coefficient (Wildman–Crippen LogP) is 3.18. The van der Waals surface area contributed by atoms with Crippen LogP contribution in [0.5, 0.6) is 5.75 Å². The Morgan fingerprint density at radius 2 is 1.86 bits per heavy atom. The van der Waals surface area contributed by atoms with Crippen molar-refractivity contribution in [3.63, 3.8) is 0 Å². The van der Waals surface area contributed by atoms with Gasteiger partial charge in [0.2, 0.25) is 5.95 Å². The van der Waals surface area contributed by atoms with E-state index in [1.54, 1.807) is 30.1 Å². The fourth-order valence-corrected chi connectivity index (χ4v) is 4.76. The van der Waals surface area contributed by atoms with Crippen LogP contribution >= 0.6 is 0 Å². The molecule has 0 saturated heterocycles. The Labute approximate surface area is 168 Å². The Balaban J connectivity index is 1.39. The second-order valence-corrected chi connectivity index (χ2v) is 8.73. The van der Waals surface area contributed by atoms with Gasteiger partial charge in [-0.25, -0.2) is 9.37 Å². The molecule has 3 aliphatic rings. The highest BCUT2D eigenvalue weighted by Crippen LogP contribution is 2.51. The number of rotatable bonds is 4. The number of hydrogen-bond acceptors (Lipinski definition) is 6.